The average molecular weight is 428 g/mol. The van der Waals surface area contributed by atoms with Gasteiger partial charge in [0.2, 0.25) is 10.0 Å². The molecule has 2 aliphatic heterocycles. The number of amides is 2. The molecule has 1 aromatic carbocycles. The fourth-order valence-electron chi connectivity index (χ4n) is 3.64. The maximum atomic E-state index is 12.5. The number of anilines is 1. The first-order valence-electron chi connectivity index (χ1n) is 9.65. The van der Waals surface area contributed by atoms with Gasteiger partial charge >= 0.3 is 6.03 Å². The normalized spacial score (nSPS) is 20.3. The Kier molecular flexibility index (Phi) is 7.25. The monoisotopic (exact) mass is 427 g/mol. The van der Waals surface area contributed by atoms with Crippen molar-refractivity contribution < 1.29 is 17.9 Å². The minimum absolute atomic E-state index is 0.0724. The number of ether oxygens (including phenoxy) is 1. The summed E-state index contributed by atoms with van der Waals surface area (Å²) < 4.78 is 30.9. The average Bonchev–Trinajstić information content (AvgIpc) is 2.69. The number of thioether (sulfide) groups is 1. The molecule has 3 rings (SSSR count). The summed E-state index contributed by atoms with van der Waals surface area (Å²) in [6.45, 7) is 2.39. The molecule has 0 atom stereocenters. The van der Waals surface area contributed by atoms with Gasteiger partial charge in [0.25, 0.3) is 0 Å². The van der Waals surface area contributed by atoms with Gasteiger partial charge in [-0.15, -0.1) is 11.8 Å². The Balaban J connectivity index is 1.40. The van der Waals surface area contributed by atoms with Crippen LogP contribution in [0.15, 0.2) is 29.2 Å². The van der Waals surface area contributed by atoms with Crippen LogP contribution >= 0.6 is 11.8 Å². The summed E-state index contributed by atoms with van der Waals surface area (Å²) in [7, 11) is -3.10. The third-order valence-corrected chi connectivity index (χ3v) is 7.37. The van der Waals surface area contributed by atoms with Crippen LogP contribution in [0.1, 0.15) is 25.7 Å². The fraction of sp³-hybridized carbons (Fsp3) is 0.632. The van der Waals surface area contributed by atoms with E-state index >= 15 is 0 Å². The number of nitrogens with zero attached hydrogens (tertiary/aromatic N) is 2. The van der Waals surface area contributed by atoms with Gasteiger partial charge in [0.05, 0.1) is 18.5 Å². The highest BCUT2D eigenvalue weighted by Gasteiger charge is 2.29. The molecule has 28 heavy (non-hydrogen) atoms. The topological polar surface area (TPSA) is 79.0 Å². The first kappa shape index (κ1) is 21.4. The lowest BCUT2D eigenvalue weighted by molar-refractivity contribution is -0.0542. The molecule has 0 bridgehead atoms. The standard InChI is InChI=1S/C19H29N3O4S2/c1-27-18-5-3-15(4-6-18)20-19(23)21-11-7-16(8-12-21)26-17-9-13-22(14-10-17)28(2,24)25/h3-6,16-17H,7-14H2,1-2H3,(H,20,23). The molecule has 9 heteroatoms. The van der Waals surface area contributed by atoms with E-state index in [0.29, 0.717) is 26.2 Å². The van der Waals surface area contributed by atoms with Crippen molar-refractivity contribution in [3.63, 3.8) is 0 Å². The van der Waals surface area contributed by atoms with Crippen LogP contribution < -0.4 is 5.32 Å². The Labute approximate surface area is 171 Å². The van der Waals surface area contributed by atoms with Crippen LogP contribution in [0.25, 0.3) is 0 Å². The summed E-state index contributed by atoms with van der Waals surface area (Å²) in [5, 5.41) is 2.95. The predicted molar refractivity (Wildman–Crippen MR) is 112 cm³/mol. The third kappa shape index (κ3) is 5.85. The van der Waals surface area contributed by atoms with E-state index in [2.05, 4.69) is 5.32 Å². The second-order valence-corrected chi connectivity index (χ2v) is 10.2. The van der Waals surface area contributed by atoms with Gasteiger partial charge < -0.3 is 15.0 Å². The number of carbonyl (C=O) groups excluding carboxylic acids is 1. The highest BCUT2D eigenvalue weighted by Crippen LogP contribution is 2.23. The zero-order valence-electron chi connectivity index (χ0n) is 16.5. The van der Waals surface area contributed by atoms with Crippen molar-refractivity contribution in [2.75, 3.05) is 44.0 Å². The molecule has 2 amide bonds. The number of rotatable bonds is 5. The van der Waals surface area contributed by atoms with Gasteiger partial charge in [-0.05, 0) is 56.2 Å². The lowest BCUT2D eigenvalue weighted by atomic mass is 10.1. The molecule has 2 fully saturated rings. The molecule has 7 nitrogen and oxygen atoms in total. The van der Waals surface area contributed by atoms with Gasteiger partial charge in [-0.1, -0.05) is 0 Å². The summed E-state index contributed by atoms with van der Waals surface area (Å²) in [5.74, 6) is 0. The van der Waals surface area contributed by atoms with Gasteiger partial charge in [0, 0.05) is 36.8 Å². The van der Waals surface area contributed by atoms with E-state index in [4.69, 9.17) is 4.74 Å². The molecule has 0 spiro atoms. The Morgan fingerprint density at radius 2 is 1.57 bits per heavy atom. The van der Waals surface area contributed by atoms with E-state index in [1.54, 1.807) is 11.8 Å². The van der Waals surface area contributed by atoms with E-state index in [0.717, 1.165) is 31.4 Å². The first-order chi connectivity index (χ1) is 13.3. The molecule has 2 aliphatic rings. The first-order valence-corrected chi connectivity index (χ1v) is 12.7. The van der Waals surface area contributed by atoms with Crippen LogP contribution in [-0.4, -0.2) is 74.6 Å². The Hall–Kier alpha value is -1.29. The summed E-state index contributed by atoms with van der Waals surface area (Å²) in [5.41, 5.74) is 0.804. The zero-order valence-corrected chi connectivity index (χ0v) is 18.1. The molecule has 1 aromatic rings. The Bertz CT molecular complexity index is 754. The SMILES string of the molecule is CSc1ccc(NC(=O)N2CCC(OC3CCN(S(C)(=O)=O)CC3)CC2)cc1. The second-order valence-electron chi connectivity index (χ2n) is 7.34. The van der Waals surface area contributed by atoms with Crippen molar-refractivity contribution in [2.24, 2.45) is 0 Å². The summed E-state index contributed by atoms with van der Waals surface area (Å²) in [4.78, 5) is 15.4. The van der Waals surface area contributed by atoms with Crippen LogP contribution in [0, 0.1) is 0 Å². The second kappa shape index (κ2) is 9.47. The quantitative estimate of drug-likeness (QED) is 0.731. The minimum atomic E-state index is -3.10. The predicted octanol–water partition coefficient (Wildman–Crippen LogP) is 2.85. The lowest BCUT2D eigenvalue weighted by Gasteiger charge is -2.36. The number of sulfonamides is 1. The maximum absolute atomic E-state index is 12.5. The third-order valence-electron chi connectivity index (χ3n) is 5.33. The van der Waals surface area contributed by atoms with Gasteiger partial charge in [-0.25, -0.2) is 17.5 Å². The highest BCUT2D eigenvalue weighted by molar-refractivity contribution is 7.98. The number of benzene rings is 1. The van der Waals surface area contributed by atoms with Gasteiger partial charge in [0.15, 0.2) is 0 Å². The van der Waals surface area contributed by atoms with Gasteiger partial charge in [0.1, 0.15) is 0 Å². The van der Waals surface area contributed by atoms with Crippen molar-refractivity contribution >= 4 is 33.5 Å². The van der Waals surface area contributed by atoms with Gasteiger partial charge in [-0.3, -0.25) is 0 Å². The number of nitrogens with one attached hydrogen (secondary N) is 1. The highest BCUT2D eigenvalue weighted by atomic mass is 32.2. The smallest absolute Gasteiger partial charge is 0.321 e. The van der Waals surface area contributed by atoms with Crippen LogP contribution in [0.5, 0.6) is 0 Å². The number of hydrogen-bond donors (Lipinski definition) is 1. The van der Waals surface area contributed by atoms with Crippen LogP contribution in [0.2, 0.25) is 0 Å². The van der Waals surface area contributed by atoms with Crippen molar-refractivity contribution in [1.82, 2.24) is 9.21 Å². The van der Waals surface area contributed by atoms with E-state index < -0.39 is 10.0 Å². The van der Waals surface area contributed by atoms with Crippen molar-refractivity contribution in [3.05, 3.63) is 24.3 Å². The molecule has 0 radical (unpaired) electrons. The molecular formula is C19H29N3O4S2. The molecule has 0 saturated carbocycles. The van der Waals surface area contributed by atoms with E-state index in [-0.39, 0.29) is 18.2 Å². The summed E-state index contributed by atoms with van der Waals surface area (Å²) >= 11 is 1.67. The largest absolute Gasteiger partial charge is 0.375 e. The molecule has 0 aromatic heterocycles. The molecule has 156 valence electrons. The van der Waals surface area contributed by atoms with Gasteiger partial charge in [-0.2, -0.15) is 0 Å². The molecular weight excluding hydrogens is 398 g/mol. The zero-order chi connectivity index (χ0) is 20.1. The van der Waals surface area contributed by atoms with Crippen LogP contribution in [-0.2, 0) is 14.8 Å². The number of carbonyl (C=O) groups is 1. The summed E-state index contributed by atoms with van der Waals surface area (Å²) in [6.07, 6.45) is 6.62. The van der Waals surface area contributed by atoms with Crippen LogP contribution in [0.4, 0.5) is 10.5 Å². The van der Waals surface area contributed by atoms with Crippen molar-refractivity contribution in [3.8, 4) is 0 Å². The maximum Gasteiger partial charge on any atom is 0.321 e. The Morgan fingerprint density at radius 3 is 2.07 bits per heavy atom. The van der Waals surface area contributed by atoms with E-state index in [9.17, 15) is 13.2 Å². The lowest BCUT2D eigenvalue weighted by Crippen LogP contribution is -2.45. The molecule has 0 aliphatic carbocycles. The molecule has 1 N–H and O–H groups in total. The van der Waals surface area contributed by atoms with E-state index in [1.807, 2.05) is 35.4 Å². The minimum Gasteiger partial charge on any atom is -0.375 e. The number of urea groups is 1. The molecule has 0 unspecified atom stereocenters. The number of likely N-dealkylation sites (tertiary alicyclic amines) is 1. The van der Waals surface area contributed by atoms with Crippen molar-refractivity contribution in [2.45, 2.75) is 42.8 Å². The number of hydrogen-bond acceptors (Lipinski definition) is 5. The summed E-state index contributed by atoms with van der Waals surface area (Å²) in [6, 6.07) is 7.76. The van der Waals surface area contributed by atoms with E-state index in [1.165, 1.54) is 15.5 Å². The molecule has 2 saturated heterocycles. The Morgan fingerprint density at radius 1 is 1.04 bits per heavy atom. The molecule has 2 heterocycles. The number of piperidine rings is 2. The van der Waals surface area contributed by atoms with Crippen molar-refractivity contribution in [1.29, 1.82) is 0 Å². The fourth-order valence-corrected chi connectivity index (χ4v) is 4.93. The van der Waals surface area contributed by atoms with Crippen LogP contribution in [0.3, 0.4) is 0 Å².